The number of carbonyl (C=O) groups is 1. The second-order valence-electron chi connectivity index (χ2n) is 4.48. The summed E-state index contributed by atoms with van der Waals surface area (Å²) in [7, 11) is 2.04. The van der Waals surface area contributed by atoms with E-state index < -0.39 is 0 Å². The highest BCUT2D eigenvalue weighted by atomic mass is 79.9. The van der Waals surface area contributed by atoms with E-state index in [9.17, 15) is 4.79 Å². The fraction of sp³-hybridized carbons (Fsp3) is 0.214. The molecule has 0 spiro atoms. The van der Waals surface area contributed by atoms with Crippen LogP contribution in [0.15, 0.2) is 45.7 Å². The summed E-state index contributed by atoms with van der Waals surface area (Å²) in [5.74, 6) is -0.0406. The van der Waals surface area contributed by atoms with Gasteiger partial charge in [-0.3, -0.25) is 4.79 Å². The Morgan fingerprint density at radius 3 is 2.63 bits per heavy atom. The minimum Gasteiger partial charge on any atom is -0.457 e. The lowest BCUT2D eigenvalue weighted by Crippen LogP contribution is -2.42. The number of para-hydroxylation sites is 2. The summed E-state index contributed by atoms with van der Waals surface area (Å²) in [4.78, 5) is 16.5. The molecule has 1 aromatic heterocycles. The molecule has 5 heteroatoms. The zero-order chi connectivity index (χ0) is 13.4. The van der Waals surface area contributed by atoms with Gasteiger partial charge in [0, 0.05) is 20.1 Å². The van der Waals surface area contributed by atoms with Crippen LogP contribution >= 0.6 is 15.9 Å². The molecule has 1 aliphatic rings. The van der Waals surface area contributed by atoms with E-state index in [1.807, 2.05) is 31.3 Å². The first-order valence-electron chi connectivity index (χ1n) is 6.03. The molecule has 0 fully saturated rings. The summed E-state index contributed by atoms with van der Waals surface area (Å²) >= 11 is 3.26. The van der Waals surface area contributed by atoms with E-state index in [4.69, 9.17) is 4.42 Å². The number of benzene rings is 1. The van der Waals surface area contributed by atoms with Crippen LogP contribution in [-0.4, -0.2) is 26.0 Å². The summed E-state index contributed by atoms with van der Waals surface area (Å²) < 4.78 is 5.62. The Balaban J connectivity index is 2.01. The number of nitrogens with zero attached hydrogens (tertiary/aromatic N) is 2. The number of hydrogen-bond donors (Lipinski definition) is 0. The van der Waals surface area contributed by atoms with Crippen LogP contribution in [0, 0.1) is 0 Å². The first-order valence-corrected chi connectivity index (χ1v) is 6.83. The van der Waals surface area contributed by atoms with Gasteiger partial charge in [-0.2, -0.15) is 0 Å². The van der Waals surface area contributed by atoms with Crippen LogP contribution in [0.4, 0.5) is 11.4 Å². The van der Waals surface area contributed by atoms with Crippen LogP contribution in [0.1, 0.15) is 10.4 Å². The van der Waals surface area contributed by atoms with E-state index in [0.29, 0.717) is 16.8 Å². The second-order valence-corrected chi connectivity index (χ2v) is 5.20. The monoisotopic (exact) mass is 320 g/mol. The van der Waals surface area contributed by atoms with Crippen molar-refractivity contribution >= 4 is 33.2 Å². The van der Waals surface area contributed by atoms with E-state index in [-0.39, 0.29) is 5.91 Å². The summed E-state index contributed by atoms with van der Waals surface area (Å²) in [6.45, 7) is 1.49. The van der Waals surface area contributed by atoms with Crippen LogP contribution in [0.3, 0.4) is 0 Å². The van der Waals surface area contributed by atoms with Gasteiger partial charge < -0.3 is 14.2 Å². The summed E-state index contributed by atoms with van der Waals surface area (Å²) in [6.07, 6.45) is 1.51. The topological polar surface area (TPSA) is 36.7 Å². The number of likely N-dealkylation sites (N-methyl/N-ethyl adjacent to an activating group) is 1. The van der Waals surface area contributed by atoms with Crippen molar-refractivity contribution in [3.8, 4) is 0 Å². The highest BCUT2D eigenvalue weighted by molar-refractivity contribution is 9.10. The first kappa shape index (κ1) is 12.3. The van der Waals surface area contributed by atoms with Crippen LogP contribution in [0.2, 0.25) is 0 Å². The van der Waals surface area contributed by atoms with Crippen LogP contribution in [0.5, 0.6) is 0 Å². The van der Waals surface area contributed by atoms with Gasteiger partial charge in [-0.05, 0) is 34.1 Å². The number of furan rings is 1. The number of amides is 1. The molecule has 0 aliphatic carbocycles. The number of rotatable bonds is 1. The standard InChI is InChI=1S/C14H13BrN2O2/c1-16-7-8-17(12-5-3-2-4-11(12)16)14(18)10-6-9-19-13(10)15/h2-6,9H,7-8H2,1H3. The molecule has 0 saturated heterocycles. The van der Waals surface area contributed by atoms with Gasteiger partial charge >= 0.3 is 0 Å². The van der Waals surface area contributed by atoms with Crippen molar-refractivity contribution in [1.29, 1.82) is 0 Å². The van der Waals surface area contributed by atoms with Gasteiger partial charge in [0.05, 0.1) is 23.2 Å². The molecule has 98 valence electrons. The molecule has 3 rings (SSSR count). The van der Waals surface area contributed by atoms with E-state index >= 15 is 0 Å². The van der Waals surface area contributed by atoms with Crippen LogP contribution in [-0.2, 0) is 0 Å². The number of halogens is 1. The van der Waals surface area contributed by atoms with Gasteiger partial charge in [-0.1, -0.05) is 12.1 Å². The Labute approximate surface area is 119 Å². The highest BCUT2D eigenvalue weighted by Gasteiger charge is 2.27. The average Bonchev–Trinajstić information content (AvgIpc) is 2.85. The Hall–Kier alpha value is -1.75. The summed E-state index contributed by atoms with van der Waals surface area (Å²) in [5, 5.41) is 0. The van der Waals surface area contributed by atoms with Crippen molar-refractivity contribution in [2.45, 2.75) is 0 Å². The Morgan fingerprint density at radius 2 is 1.95 bits per heavy atom. The van der Waals surface area contributed by atoms with Crippen molar-refractivity contribution < 1.29 is 9.21 Å². The Kier molecular flexibility index (Phi) is 3.06. The third-order valence-corrected chi connectivity index (χ3v) is 3.95. The molecule has 0 radical (unpaired) electrons. The normalized spacial score (nSPS) is 14.4. The molecule has 1 aliphatic heterocycles. The van der Waals surface area contributed by atoms with E-state index in [1.54, 1.807) is 11.0 Å². The molecule has 1 aromatic carbocycles. The zero-order valence-electron chi connectivity index (χ0n) is 10.5. The number of fused-ring (bicyclic) bond motifs is 1. The van der Waals surface area contributed by atoms with Crippen molar-refractivity contribution in [2.24, 2.45) is 0 Å². The van der Waals surface area contributed by atoms with Gasteiger partial charge in [0.2, 0.25) is 0 Å². The van der Waals surface area contributed by atoms with E-state index in [2.05, 4.69) is 20.8 Å². The van der Waals surface area contributed by atoms with Gasteiger partial charge in [0.25, 0.3) is 5.91 Å². The van der Waals surface area contributed by atoms with E-state index in [1.165, 1.54) is 6.26 Å². The zero-order valence-corrected chi connectivity index (χ0v) is 12.1. The maximum Gasteiger partial charge on any atom is 0.262 e. The number of hydrogen-bond acceptors (Lipinski definition) is 3. The Morgan fingerprint density at radius 1 is 1.21 bits per heavy atom. The third-order valence-electron chi connectivity index (χ3n) is 3.34. The van der Waals surface area contributed by atoms with Crippen molar-refractivity contribution in [3.63, 3.8) is 0 Å². The van der Waals surface area contributed by atoms with E-state index in [0.717, 1.165) is 17.9 Å². The molecule has 1 amide bonds. The predicted molar refractivity (Wildman–Crippen MR) is 77.8 cm³/mol. The third kappa shape index (κ3) is 2.04. The second kappa shape index (κ2) is 4.74. The lowest BCUT2D eigenvalue weighted by atomic mass is 10.1. The molecule has 2 heterocycles. The molecule has 0 unspecified atom stereocenters. The maximum atomic E-state index is 12.6. The van der Waals surface area contributed by atoms with Gasteiger partial charge in [0.15, 0.2) is 4.67 Å². The van der Waals surface area contributed by atoms with Crippen molar-refractivity contribution in [1.82, 2.24) is 0 Å². The van der Waals surface area contributed by atoms with Gasteiger partial charge in [0.1, 0.15) is 0 Å². The fourth-order valence-corrected chi connectivity index (χ4v) is 2.72. The molecule has 0 N–H and O–H groups in total. The van der Waals surface area contributed by atoms with Crippen molar-refractivity contribution in [3.05, 3.63) is 46.8 Å². The Bertz CT molecular complexity index is 623. The minimum atomic E-state index is -0.0406. The minimum absolute atomic E-state index is 0.0406. The largest absolute Gasteiger partial charge is 0.457 e. The number of anilines is 2. The predicted octanol–water partition coefficient (Wildman–Crippen LogP) is 3.14. The average molecular weight is 321 g/mol. The van der Waals surface area contributed by atoms with Crippen molar-refractivity contribution in [2.75, 3.05) is 29.9 Å². The SMILES string of the molecule is CN1CCN(C(=O)c2ccoc2Br)c2ccccc21. The molecule has 0 bridgehead atoms. The fourth-order valence-electron chi connectivity index (χ4n) is 2.31. The summed E-state index contributed by atoms with van der Waals surface area (Å²) in [5.41, 5.74) is 2.57. The van der Waals surface area contributed by atoms with Crippen LogP contribution in [0.25, 0.3) is 0 Å². The highest BCUT2D eigenvalue weighted by Crippen LogP contribution is 2.33. The smallest absolute Gasteiger partial charge is 0.262 e. The quantitative estimate of drug-likeness (QED) is 0.810. The lowest BCUT2D eigenvalue weighted by Gasteiger charge is -2.35. The molecule has 19 heavy (non-hydrogen) atoms. The molecule has 4 nitrogen and oxygen atoms in total. The van der Waals surface area contributed by atoms with Gasteiger partial charge in [-0.15, -0.1) is 0 Å². The molecular formula is C14H13BrN2O2. The lowest BCUT2D eigenvalue weighted by molar-refractivity contribution is 0.0985. The molecular weight excluding hydrogens is 308 g/mol. The van der Waals surface area contributed by atoms with Gasteiger partial charge in [-0.25, -0.2) is 0 Å². The van der Waals surface area contributed by atoms with Crippen LogP contribution < -0.4 is 9.80 Å². The number of carbonyl (C=O) groups excluding carboxylic acids is 1. The molecule has 0 saturated carbocycles. The first-order chi connectivity index (χ1) is 9.18. The molecule has 2 aromatic rings. The maximum absolute atomic E-state index is 12.6. The molecule has 0 atom stereocenters. The summed E-state index contributed by atoms with van der Waals surface area (Å²) in [6, 6.07) is 9.61.